The van der Waals surface area contributed by atoms with Gasteiger partial charge in [-0.3, -0.25) is 4.90 Å². The summed E-state index contributed by atoms with van der Waals surface area (Å²) in [7, 11) is 0. The number of hydrogen-bond donors (Lipinski definition) is 0. The third-order valence-electron chi connectivity index (χ3n) is 4.85. The van der Waals surface area contributed by atoms with E-state index in [1.165, 1.54) is 12.1 Å². The summed E-state index contributed by atoms with van der Waals surface area (Å²) in [6.45, 7) is 4.12. The summed E-state index contributed by atoms with van der Waals surface area (Å²) in [4.78, 5) is 15.7. The van der Waals surface area contributed by atoms with E-state index < -0.39 is 11.7 Å². The van der Waals surface area contributed by atoms with Crippen molar-refractivity contribution in [1.29, 1.82) is 0 Å². The molecular formula is C21H24ClF3N2O2. The van der Waals surface area contributed by atoms with Crippen molar-refractivity contribution in [3.8, 4) is 0 Å². The smallest absolute Gasteiger partial charge is 0.416 e. The van der Waals surface area contributed by atoms with Crippen LogP contribution in [0.15, 0.2) is 54.6 Å². The van der Waals surface area contributed by atoms with Gasteiger partial charge in [0, 0.05) is 26.2 Å². The van der Waals surface area contributed by atoms with Crippen molar-refractivity contribution < 1.29 is 22.7 Å². The third-order valence-corrected chi connectivity index (χ3v) is 4.85. The van der Waals surface area contributed by atoms with Crippen molar-refractivity contribution >= 4 is 18.5 Å². The van der Waals surface area contributed by atoms with Crippen LogP contribution in [0.4, 0.5) is 18.0 Å². The van der Waals surface area contributed by atoms with E-state index in [0.717, 1.165) is 11.6 Å². The van der Waals surface area contributed by atoms with Crippen molar-refractivity contribution in [2.24, 2.45) is 0 Å². The molecule has 0 N–H and O–H groups in total. The highest BCUT2D eigenvalue weighted by Crippen LogP contribution is 2.34. The maximum absolute atomic E-state index is 13.2. The first-order valence-corrected chi connectivity index (χ1v) is 9.28. The molecule has 0 spiro atoms. The number of nitrogens with zero attached hydrogens (tertiary/aromatic N) is 2. The van der Waals surface area contributed by atoms with Gasteiger partial charge in [-0.05, 0) is 30.2 Å². The Morgan fingerprint density at radius 3 is 2.21 bits per heavy atom. The van der Waals surface area contributed by atoms with Crippen LogP contribution in [0.2, 0.25) is 0 Å². The first kappa shape index (κ1) is 23.0. The van der Waals surface area contributed by atoms with Crippen LogP contribution in [0.3, 0.4) is 0 Å². The molecule has 1 fully saturated rings. The van der Waals surface area contributed by atoms with E-state index in [1.807, 2.05) is 30.3 Å². The van der Waals surface area contributed by atoms with Gasteiger partial charge in [-0.15, -0.1) is 12.4 Å². The van der Waals surface area contributed by atoms with Crippen molar-refractivity contribution in [2.45, 2.75) is 19.1 Å². The molecule has 1 atom stereocenters. The van der Waals surface area contributed by atoms with E-state index >= 15 is 0 Å². The van der Waals surface area contributed by atoms with Gasteiger partial charge in [-0.25, -0.2) is 4.79 Å². The molecule has 0 bridgehead atoms. The van der Waals surface area contributed by atoms with Gasteiger partial charge in [-0.1, -0.05) is 42.5 Å². The summed E-state index contributed by atoms with van der Waals surface area (Å²) < 4.78 is 44.7. The van der Waals surface area contributed by atoms with Crippen molar-refractivity contribution in [3.05, 3.63) is 71.3 Å². The zero-order chi connectivity index (χ0) is 20.1. The molecule has 0 saturated carbocycles. The highest BCUT2D eigenvalue weighted by Gasteiger charge is 2.33. The minimum absolute atomic E-state index is 0. The normalized spacial score (nSPS) is 16.1. The van der Waals surface area contributed by atoms with E-state index in [4.69, 9.17) is 4.74 Å². The van der Waals surface area contributed by atoms with Crippen LogP contribution in [-0.2, 0) is 10.9 Å². The Morgan fingerprint density at radius 2 is 1.62 bits per heavy atom. The number of alkyl halides is 3. The lowest BCUT2D eigenvalue weighted by atomic mass is 9.95. The van der Waals surface area contributed by atoms with E-state index in [9.17, 15) is 18.0 Å². The highest BCUT2D eigenvalue weighted by molar-refractivity contribution is 5.85. The summed E-state index contributed by atoms with van der Waals surface area (Å²) in [6, 6.07) is 14.6. The molecule has 4 nitrogen and oxygen atoms in total. The number of carbonyl (C=O) groups excluding carboxylic acids is 1. The Kier molecular flexibility index (Phi) is 7.93. The molecule has 2 aromatic carbocycles. The topological polar surface area (TPSA) is 32.8 Å². The molecule has 1 heterocycles. The molecule has 0 aliphatic carbocycles. The van der Waals surface area contributed by atoms with Crippen LogP contribution in [0.25, 0.3) is 0 Å². The minimum atomic E-state index is -4.39. The van der Waals surface area contributed by atoms with Gasteiger partial charge in [0.1, 0.15) is 0 Å². The fraction of sp³-hybridized carbons (Fsp3) is 0.381. The van der Waals surface area contributed by atoms with Gasteiger partial charge >= 0.3 is 12.3 Å². The summed E-state index contributed by atoms with van der Waals surface area (Å²) in [5.41, 5.74) is 0.855. The maximum Gasteiger partial charge on any atom is 0.416 e. The van der Waals surface area contributed by atoms with E-state index in [2.05, 4.69) is 4.90 Å². The minimum Gasteiger partial charge on any atom is -0.450 e. The van der Waals surface area contributed by atoms with Crippen LogP contribution >= 0.6 is 12.4 Å². The molecule has 1 unspecified atom stereocenters. The average Bonchev–Trinajstić information content (AvgIpc) is 2.69. The Bertz CT molecular complexity index is 794. The van der Waals surface area contributed by atoms with Crippen LogP contribution in [0.1, 0.15) is 29.7 Å². The summed E-state index contributed by atoms with van der Waals surface area (Å²) in [5, 5.41) is 0. The first-order chi connectivity index (χ1) is 13.4. The Morgan fingerprint density at radius 1 is 1.00 bits per heavy atom. The van der Waals surface area contributed by atoms with Crippen molar-refractivity contribution in [1.82, 2.24) is 9.80 Å². The molecule has 158 valence electrons. The predicted octanol–water partition coefficient (Wildman–Crippen LogP) is 4.99. The SMILES string of the molecule is CCOC(=O)N1CCN(C(c2ccccc2)c2cccc(C(F)(F)F)c2)CC1.Cl. The lowest BCUT2D eigenvalue weighted by molar-refractivity contribution is -0.137. The summed E-state index contributed by atoms with van der Waals surface area (Å²) >= 11 is 0. The van der Waals surface area contributed by atoms with Crippen LogP contribution in [-0.4, -0.2) is 48.7 Å². The zero-order valence-electron chi connectivity index (χ0n) is 16.1. The number of benzene rings is 2. The monoisotopic (exact) mass is 428 g/mol. The van der Waals surface area contributed by atoms with Crippen molar-refractivity contribution in [3.63, 3.8) is 0 Å². The van der Waals surface area contributed by atoms with E-state index in [0.29, 0.717) is 38.3 Å². The lowest BCUT2D eigenvalue weighted by Crippen LogP contribution is -2.50. The first-order valence-electron chi connectivity index (χ1n) is 9.28. The summed E-state index contributed by atoms with van der Waals surface area (Å²) in [6.07, 6.45) is -4.74. The number of piperazine rings is 1. The van der Waals surface area contributed by atoms with Crippen LogP contribution in [0.5, 0.6) is 0 Å². The van der Waals surface area contributed by atoms with Gasteiger partial charge in [0.05, 0.1) is 18.2 Å². The third kappa shape index (κ3) is 5.64. The molecule has 2 aromatic rings. The second kappa shape index (κ2) is 9.98. The van der Waals surface area contributed by atoms with E-state index in [1.54, 1.807) is 17.9 Å². The van der Waals surface area contributed by atoms with Crippen LogP contribution < -0.4 is 0 Å². The molecule has 1 aliphatic heterocycles. The molecule has 8 heteroatoms. The second-order valence-corrected chi connectivity index (χ2v) is 6.66. The molecule has 29 heavy (non-hydrogen) atoms. The molecular weight excluding hydrogens is 405 g/mol. The number of hydrogen-bond acceptors (Lipinski definition) is 3. The highest BCUT2D eigenvalue weighted by atomic mass is 35.5. The van der Waals surface area contributed by atoms with Gasteiger partial charge in [0.25, 0.3) is 0 Å². The number of ether oxygens (including phenoxy) is 1. The lowest BCUT2D eigenvalue weighted by Gasteiger charge is -2.39. The Labute approximate surface area is 174 Å². The van der Waals surface area contributed by atoms with Gasteiger partial charge < -0.3 is 9.64 Å². The number of carbonyl (C=O) groups is 1. The average molecular weight is 429 g/mol. The second-order valence-electron chi connectivity index (χ2n) is 6.66. The molecule has 1 amide bonds. The number of rotatable bonds is 4. The molecule has 0 radical (unpaired) electrons. The van der Waals surface area contributed by atoms with E-state index in [-0.39, 0.29) is 24.5 Å². The maximum atomic E-state index is 13.2. The van der Waals surface area contributed by atoms with Gasteiger partial charge in [-0.2, -0.15) is 13.2 Å². The number of amides is 1. The quantitative estimate of drug-likeness (QED) is 0.687. The largest absolute Gasteiger partial charge is 0.450 e. The molecule has 1 aliphatic rings. The van der Waals surface area contributed by atoms with Crippen molar-refractivity contribution in [2.75, 3.05) is 32.8 Å². The molecule has 0 aromatic heterocycles. The Hall–Kier alpha value is -2.25. The predicted molar refractivity (Wildman–Crippen MR) is 107 cm³/mol. The zero-order valence-corrected chi connectivity index (χ0v) is 16.9. The van der Waals surface area contributed by atoms with Gasteiger partial charge in [0.15, 0.2) is 0 Å². The van der Waals surface area contributed by atoms with Gasteiger partial charge in [0.2, 0.25) is 0 Å². The standard InChI is InChI=1S/C21H23F3N2O2.ClH/c1-2-28-20(27)26-13-11-25(12-14-26)19(16-7-4-3-5-8-16)17-9-6-10-18(15-17)21(22,23)24;/h3-10,15,19H,2,11-14H2,1H3;1H. The van der Waals surface area contributed by atoms with Crippen LogP contribution in [0, 0.1) is 0 Å². The fourth-order valence-electron chi connectivity index (χ4n) is 3.51. The number of halogens is 4. The molecule has 3 rings (SSSR count). The summed E-state index contributed by atoms with van der Waals surface area (Å²) in [5.74, 6) is 0. The Balaban J connectivity index is 0.00000300. The molecule has 1 saturated heterocycles. The fourth-order valence-corrected chi connectivity index (χ4v) is 3.51.